The topological polar surface area (TPSA) is 51.1 Å². The molecule has 106 valence electrons. The fourth-order valence-corrected chi connectivity index (χ4v) is 3.20. The molecular formula is C13H15BrN4OS. The molecule has 5 nitrogen and oxygen atoms in total. The largest absolute Gasteiger partial charge is 0.463 e. The molecule has 0 aromatic carbocycles. The van der Waals surface area contributed by atoms with Crippen molar-refractivity contribution < 1.29 is 4.74 Å². The maximum Gasteiger partial charge on any atom is 0.316 e. The number of aromatic nitrogens is 3. The van der Waals surface area contributed by atoms with Gasteiger partial charge in [0.1, 0.15) is 0 Å². The second kappa shape index (κ2) is 6.49. The van der Waals surface area contributed by atoms with Gasteiger partial charge in [-0.2, -0.15) is 0 Å². The predicted octanol–water partition coefficient (Wildman–Crippen LogP) is 2.99. The van der Waals surface area contributed by atoms with E-state index >= 15 is 0 Å². The fourth-order valence-electron chi connectivity index (χ4n) is 2.31. The van der Waals surface area contributed by atoms with Crippen molar-refractivity contribution in [3.05, 3.63) is 28.4 Å². The molecule has 2 aromatic rings. The van der Waals surface area contributed by atoms with Gasteiger partial charge in [0.25, 0.3) is 0 Å². The van der Waals surface area contributed by atoms with Gasteiger partial charge >= 0.3 is 6.01 Å². The predicted molar refractivity (Wildman–Crippen MR) is 82.3 cm³/mol. The highest BCUT2D eigenvalue weighted by molar-refractivity contribution is 9.10. The van der Waals surface area contributed by atoms with Crippen molar-refractivity contribution in [1.29, 1.82) is 0 Å². The first-order chi connectivity index (χ1) is 9.81. The van der Waals surface area contributed by atoms with Crippen LogP contribution in [0.4, 0.5) is 5.13 Å². The maximum absolute atomic E-state index is 5.68. The highest BCUT2D eigenvalue weighted by Gasteiger charge is 2.22. The Kier molecular flexibility index (Phi) is 4.47. The van der Waals surface area contributed by atoms with Gasteiger partial charge in [0.05, 0.1) is 11.1 Å². The summed E-state index contributed by atoms with van der Waals surface area (Å²) in [4.78, 5) is 15.0. The van der Waals surface area contributed by atoms with Gasteiger partial charge in [-0.1, -0.05) is 0 Å². The summed E-state index contributed by atoms with van der Waals surface area (Å²) in [6, 6.07) is 0.444. The van der Waals surface area contributed by atoms with E-state index < -0.39 is 0 Å². The van der Waals surface area contributed by atoms with Crippen LogP contribution in [0.25, 0.3) is 0 Å². The maximum atomic E-state index is 5.68. The molecule has 0 spiro atoms. The molecule has 7 heteroatoms. The SMILES string of the molecule is Brc1cnc(OCC2CCCN(c3nccs3)C2)nc1. The standard InChI is InChI=1S/C13H15BrN4OS/c14-11-6-16-12(17-7-11)19-9-10-2-1-4-18(8-10)13-15-3-5-20-13/h3,5-7,10H,1-2,4,8-9H2. The van der Waals surface area contributed by atoms with Gasteiger partial charge < -0.3 is 9.64 Å². The number of anilines is 1. The third kappa shape index (κ3) is 3.46. The molecule has 0 bridgehead atoms. The van der Waals surface area contributed by atoms with Crippen molar-refractivity contribution in [1.82, 2.24) is 15.0 Å². The van der Waals surface area contributed by atoms with Crippen LogP contribution < -0.4 is 9.64 Å². The van der Waals surface area contributed by atoms with Crippen molar-refractivity contribution in [2.75, 3.05) is 24.6 Å². The molecule has 2 aromatic heterocycles. The zero-order valence-corrected chi connectivity index (χ0v) is 13.3. The lowest BCUT2D eigenvalue weighted by Crippen LogP contribution is -2.37. The molecule has 0 radical (unpaired) electrons. The van der Waals surface area contributed by atoms with E-state index in [-0.39, 0.29) is 0 Å². The molecule has 3 rings (SSSR count). The molecule has 1 unspecified atom stereocenters. The highest BCUT2D eigenvalue weighted by atomic mass is 79.9. The summed E-state index contributed by atoms with van der Waals surface area (Å²) in [6.45, 7) is 2.73. The first-order valence-corrected chi connectivity index (χ1v) is 8.23. The lowest BCUT2D eigenvalue weighted by molar-refractivity contribution is 0.214. The van der Waals surface area contributed by atoms with Crippen molar-refractivity contribution in [3.63, 3.8) is 0 Å². The van der Waals surface area contributed by atoms with E-state index in [4.69, 9.17) is 4.74 Å². The highest BCUT2D eigenvalue weighted by Crippen LogP contribution is 2.25. The number of piperidine rings is 1. The number of hydrogen-bond acceptors (Lipinski definition) is 6. The minimum atomic E-state index is 0.444. The minimum Gasteiger partial charge on any atom is -0.463 e. The summed E-state index contributed by atoms with van der Waals surface area (Å²) in [5, 5.41) is 3.13. The number of hydrogen-bond donors (Lipinski definition) is 0. The minimum absolute atomic E-state index is 0.444. The van der Waals surface area contributed by atoms with E-state index in [1.54, 1.807) is 23.7 Å². The van der Waals surface area contributed by atoms with Crippen LogP contribution in [0, 0.1) is 5.92 Å². The Bertz CT molecular complexity index is 534. The van der Waals surface area contributed by atoms with Gasteiger partial charge in [0, 0.05) is 43.0 Å². The van der Waals surface area contributed by atoms with Gasteiger partial charge in [-0.05, 0) is 28.8 Å². The monoisotopic (exact) mass is 354 g/mol. The van der Waals surface area contributed by atoms with Crippen LogP contribution in [0.1, 0.15) is 12.8 Å². The molecule has 0 amide bonds. The summed E-state index contributed by atoms with van der Waals surface area (Å²) >= 11 is 5.00. The second-order valence-electron chi connectivity index (χ2n) is 4.76. The number of halogens is 1. The molecule has 1 aliphatic heterocycles. The summed E-state index contributed by atoms with van der Waals surface area (Å²) in [7, 11) is 0. The summed E-state index contributed by atoms with van der Waals surface area (Å²) in [5.41, 5.74) is 0. The fraction of sp³-hybridized carbons (Fsp3) is 0.462. The molecule has 3 heterocycles. The van der Waals surface area contributed by atoms with E-state index in [0.29, 0.717) is 18.5 Å². The van der Waals surface area contributed by atoms with E-state index in [0.717, 1.165) is 22.7 Å². The zero-order valence-electron chi connectivity index (χ0n) is 10.9. The number of ether oxygens (including phenoxy) is 1. The van der Waals surface area contributed by atoms with Crippen molar-refractivity contribution >= 4 is 32.4 Å². The Morgan fingerprint density at radius 1 is 1.35 bits per heavy atom. The molecule has 1 saturated heterocycles. The van der Waals surface area contributed by atoms with Crippen LogP contribution >= 0.6 is 27.3 Å². The van der Waals surface area contributed by atoms with Gasteiger partial charge in [-0.3, -0.25) is 0 Å². The van der Waals surface area contributed by atoms with Crippen LogP contribution in [0.15, 0.2) is 28.4 Å². The first-order valence-electron chi connectivity index (χ1n) is 6.56. The van der Waals surface area contributed by atoms with E-state index in [9.17, 15) is 0 Å². The Morgan fingerprint density at radius 2 is 2.20 bits per heavy atom. The Balaban J connectivity index is 1.54. The summed E-state index contributed by atoms with van der Waals surface area (Å²) < 4.78 is 6.54. The van der Waals surface area contributed by atoms with Crippen LogP contribution in [0.5, 0.6) is 6.01 Å². The zero-order chi connectivity index (χ0) is 13.8. The van der Waals surface area contributed by atoms with Crippen molar-refractivity contribution in [3.8, 4) is 6.01 Å². The van der Waals surface area contributed by atoms with E-state index in [2.05, 4.69) is 35.8 Å². The van der Waals surface area contributed by atoms with E-state index in [1.807, 2.05) is 11.6 Å². The third-order valence-electron chi connectivity index (χ3n) is 3.25. The number of nitrogens with zero attached hydrogens (tertiary/aromatic N) is 4. The Labute approximate surface area is 130 Å². The van der Waals surface area contributed by atoms with Gasteiger partial charge in [-0.25, -0.2) is 15.0 Å². The summed E-state index contributed by atoms with van der Waals surface area (Å²) in [5.74, 6) is 0.500. The van der Waals surface area contributed by atoms with Crippen LogP contribution in [-0.2, 0) is 0 Å². The first kappa shape index (κ1) is 13.8. The van der Waals surface area contributed by atoms with Crippen LogP contribution in [0.3, 0.4) is 0 Å². The Hall–Kier alpha value is -1.21. The molecular weight excluding hydrogens is 340 g/mol. The molecule has 0 saturated carbocycles. The lowest BCUT2D eigenvalue weighted by Gasteiger charge is -2.32. The average Bonchev–Trinajstić information content (AvgIpc) is 3.01. The third-order valence-corrected chi connectivity index (χ3v) is 4.50. The van der Waals surface area contributed by atoms with Crippen molar-refractivity contribution in [2.24, 2.45) is 5.92 Å². The molecule has 1 atom stereocenters. The Morgan fingerprint density at radius 3 is 2.95 bits per heavy atom. The normalized spacial score (nSPS) is 19.1. The molecule has 1 aliphatic rings. The van der Waals surface area contributed by atoms with Gasteiger partial charge in [0.15, 0.2) is 5.13 Å². The molecule has 1 fully saturated rings. The lowest BCUT2D eigenvalue weighted by atomic mass is 9.99. The van der Waals surface area contributed by atoms with Crippen LogP contribution in [0.2, 0.25) is 0 Å². The smallest absolute Gasteiger partial charge is 0.316 e. The van der Waals surface area contributed by atoms with Gasteiger partial charge in [0.2, 0.25) is 0 Å². The second-order valence-corrected chi connectivity index (χ2v) is 6.55. The molecule has 20 heavy (non-hydrogen) atoms. The van der Waals surface area contributed by atoms with Crippen molar-refractivity contribution in [2.45, 2.75) is 12.8 Å². The molecule has 0 N–H and O–H groups in total. The number of thiazole rings is 1. The summed E-state index contributed by atoms with van der Waals surface area (Å²) in [6.07, 6.45) is 7.61. The molecule has 0 aliphatic carbocycles. The van der Waals surface area contributed by atoms with E-state index in [1.165, 1.54) is 12.8 Å². The number of rotatable bonds is 4. The van der Waals surface area contributed by atoms with Gasteiger partial charge in [-0.15, -0.1) is 11.3 Å². The average molecular weight is 355 g/mol. The van der Waals surface area contributed by atoms with Crippen LogP contribution in [-0.4, -0.2) is 34.6 Å². The quantitative estimate of drug-likeness (QED) is 0.844.